The fourth-order valence-electron chi connectivity index (χ4n) is 2.52. The van der Waals surface area contributed by atoms with Crippen molar-refractivity contribution in [2.24, 2.45) is 11.7 Å². The van der Waals surface area contributed by atoms with Gasteiger partial charge in [-0.1, -0.05) is 12.1 Å². The molecule has 1 fully saturated rings. The van der Waals surface area contributed by atoms with E-state index in [-0.39, 0.29) is 11.8 Å². The molecule has 0 aromatic heterocycles. The molecule has 1 aliphatic heterocycles. The summed E-state index contributed by atoms with van der Waals surface area (Å²) in [4.78, 5) is 14.0. The molecular weight excluding hydrogens is 244 g/mol. The summed E-state index contributed by atoms with van der Waals surface area (Å²) in [6, 6.07) is 8.77. The lowest BCUT2D eigenvalue weighted by atomic mass is 9.96. The lowest BCUT2D eigenvalue weighted by molar-refractivity contribution is -0.919. The number of carbonyl (C=O) groups is 1. The van der Waals surface area contributed by atoms with E-state index in [1.165, 1.54) is 10.5 Å². The molecule has 0 radical (unpaired) electrons. The normalized spacial score (nSPS) is 23.8. The van der Waals surface area contributed by atoms with Crippen LogP contribution in [0, 0.1) is 5.92 Å². The largest absolute Gasteiger partial charge is 0.369 e. The molecule has 1 heterocycles. The Morgan fingerprint density at radius 3 is 2.44 bits per heavy atom. The summed E-state index contributed by atoms with van der Waals surface area (Å²) >= 11 is 1.77. The van der Waals surface area contributed by atoms with Gasteiger partial charge in [-0.05, 0) is 18.4 Å². The van der Waals surface area contributed by atoms with E-state index in [0.717, 1.165) is 32.5 Å². The van der Waals surface area contributed by atoms with E-state index in [4.69, 9.17) is 5.73 Å². The summed E-state index contributed by atoms with van der Waals surface area (Å²) in [5.74, 6) is -0.0222. The standard InChI is InChI=1S/C14H20N2OS/c1-18-13-4-2-11(3-5-13)10-16-8-6-12(7-9-16)14(15)17/h2-5,12H,6-10H2,1H3,(H2,15,17)/p+1. The van der Waals surface area contributed by atoms with Gasteiger partial charge in [-0.3, -0.25) is 4.79 Å². The van der Waals surface area contributed by atoms with Crippen molar-refractivity contribution in [1.29, 1.82) is 0 Å². The van der Waals surface area contributed by atoms with E-state index in [1.807, 2.05) is 0 Å². The molecule has 0 saturated carbocycles. The average molecular weight is 265 g/mol. The van der Waals surface area contributed by atoms with Crippen LogP contribution < -0.4 is 10.6 Å². The maximum atomic E-state index is 11.1. The van der Waals surface area contributed by atoms with E-state index in [1.54, 1.807) is 16.7 Å². The van der Waals surface area contributed by atoms with Crippen molar-refractivity contribution in [2.45, 2.75) is 24.3 Å². The molecule has 3 nitrogen and oxygen atoms in total. The van der Waals surface area contributed by atoms with Crippen LogP contribution in [-0.4, -0.2) is 25.3 Å². The summed E-state index contributed by atoms with van der Waals surface area (Å²) in [7, 11) is 0. The molecule has 1 amide bonds. The molecular formula is C14H21N2OS+. The highest BCUT2D eigenvalue weighted by atomic mass is 32.2. The first-order chi connectivity index (χ1) is 8.69. The predicted octanol–water partition coefficient (Wildman–Crippen LogP) is 0.689. The van der Waals surface area contributed by atoms with Gasteiger partial charge in [0, 0.05) is 29.2 Å². The molecule has 1 aromatic carbocycles. The first kappa shape index (κ1) is 13.4. The van der Waals surface area contributed by atoms with Gasteiger partial charge < -0.3 is 10.6 Å². The van der Waals surface area contributed by atoms with Crippen LogP contribution in [0.25, 0.3) is 0 Å². The van der Waals surface area contributed by atoms with Gasteiger partial charge in [0.25, 0.3) is 0 Å². The number of thioether (sulfide) groups is 1. The molecule has 3 N–H and O–H groups in total. The third kappa shape index (κ3) is 3.50. The molecule has 0 bridgehead atoms. The zero-order valence-electron chi connectivity index (χ0n) is 10.8. The number of carbonyl (C=O) groups excluding carboxylic acids is 1. The highest BCUT2D eigenvalue weighted by Gasteiger charge is 2.25. The minimum absolute atomic E-state index is 0.104. The highest BCUT2D eigenvalue weighted by Crippen LogP contribution is 2.14. The van der Waals surface area contributed by atoms with Crippen LogP contribution in [0.1, 0.15) is 18.4 Å². The molecule has 0 unspecified atom stereocenters. The first-order valence-corrected chi connectivity index (χ1v) is 7.67. The van der Waals surface area contributed by atoms with Crippen molar-refractivity contribution in [3.05, 3.63) is 29.8 Å². The molecule has 2 rings (SSSR count). The molecule has 18 heavy (non-hydrogen) atoms. The summed E-state index contributed by atoms with van der Waals surface area (Å²) in [6.45, 7) is 3.16. The third-order valence-corrected chi connectivity index (χ3v) is 4.45. The minimum Gasteiger partial charge on any atom is -0.369 e. The van der Waals surface area contributed by atoms with Crippen LogP contribution in [0.4, 0.5) is 0 Å². The molecule has 0 atom stereocenters. The monoisotopic (exact) mass is 265 g/mol. The number of hydrogen-bond acceptors (Lipinski definition) is 2. The SMILES string of the molecule is CSc1ccc(C[NH+]2CCC(C(N)=O)CC2)cc1. The maximum absolute atomic E-state index is 11.1. The number of nitrogens with one attached hydrogen (secondary N) is 1. The molecule has 1 aromatic rings. The number of nitrogens with two attached hydrogens (primary N) is 1. The predicted molar refractivity (Wildman–Crippen MR) is 74.5 cm³/mol. The van der Waals surface area contributed by atoms with Gasteiger partial charge in [-0.25, -0.2) is 0 Å². The van der Waals surface area contributed by atoms with E-state index in [9.17, 15) is 4.79 Å². The Morgan fingerprint density at radius 1 is 1.33 bits per heavy atom. The van der Waals surface area contributed by atoms with Crippen molar-refractivity contribution in [2.75, 3.05) is 19.3 Å². The van der Waals surface area contributed by atoms with Gasteiger partial charge in [-0.2, -0.15) is 0 Å². The van der Waals surface area contributed by atoms with E-state index in [0.29, 0.717) is 0 Å². The zero-order chi connectivity index (χ0) is 13.0. The maximum Gasteiger partial charge on any atom is 0.220 e. The Hall–Kier alpha value is -1.00. The Kier molecular flexibility index (Phi) is 4.66. The zero-order valence-corrected chi connectivity index (χ0v) is 11.6. The number of rotatable bonds is 4. The molecule has 1 aliphatic rings. The van der Waals surface area contributed by atoms with Crippen LogP contribution in [0.5, 0.6) is 0 Å². The average Bonchev–Trinajstić information content (AvgIpc) is 2.40. The minimum atomic E-state index is -0.127. The van der Waals surface area contributed by atoms with Gasteiger partial charge in [0.1, 0.15) is 6.54 Å². The summed E-state index contributed by atoms with van der Waals surface area (Å²) < 4.78 is 0. The number of primary amides is 1. The van der Waals surface area contributed by atoms with Crippen LogP contribution in [-0.2, 0) is 11.3 Å². The topological polar surface area (TPSA) is 47.5 Å². The lowest BCUT2D eigenvalue weighted by Crippen LogP contribution is -3.11. The van der Waals surface area contributed by atoms with Crippen LogP contribution in [0.15, 0.2) is 29.2 Å². The van der Waals surface area contributed by atoms with Gasteiger partial charge in [0.05, 0.1) is 13.1 Å². The number of quaternary nitrogens is 1. The molecule has 0 spiro atoms. The van der Waals surface area contributed by atoms with Crippen molar-refractivity contribution in [1.82, 2.24) is 0 Å². The summed E-state index contributed by atoms with van der Waals surface area (Å²) in [5, 5.41) is 0. The van der Waals surface area contributed by atoms with Crippen molar-refractivity contribution >= 4 is 17.7 Å². The van der Waals surface area contributed by atoms with Crippen LogP contribution in [0.2, 0.25) is 0 Å². The number of amides is 1. The Balaban J connectivity index is 1.85. The van der Waals surface area contributed by atoms with Crippen molar-refractivity contribution in [3.8, 4) is 0 Å². The van der Waals surface area contributed by atoms with E-state index < -0.39 is 0 Å². The first-order valence-electron chi connectivity index (χ1n) is 6.45. The summed E-state index contributed by atoms with van der Waals surface area (Å²) in [5.41, 5.74) is 6.72. The molecule has 4 heteroatoms. The number of likely N-dealkylation sites (tertiary alicyclic amines) is 1. The second kappa shape index (κ2) is 6.25. The van der Waals surface area contributed by atoms with E-state index in [2.05, 4.69) is 30.5 Å². The summed E-state index contributed by atoms with van der Waals surface area (Å²) in [6.07, 6.45) is 3.97. The molecule has 98 valence electrons. The lowest BCUT2D eigenvalue weighted by Gasteiger charge is -2.27. The van der Waals surface area contributed by atoms with Gasteiger partial charge in [-0.15, -0.1) is 11.8 Å². The fourth-order valence-corrected chi connectivity index (χ4v) is 2.93. The van der Waals surface area contributed by atoms with Crippen molar-refractivity contribution < 1.29 is 9.69 Å². The quantitative estimate of drug-likeness (QED) is 0.787. The molecule has 1 saturated heterocycles. The van der Waals surface area contributed by atoms with Crippen LogP contribution >= 0.6 is 11.8 Å². The van der Waals surface area contributed by atoms with Crippen LogP contribution in [0.3, 0.4) is 0 Å². The highest BCUT2D eigenvalue weighted by molar-refractivity contribution is 7.98. The third-order valence-electron chi connectivity index (χ3n) is 3.71. The second-order valence-corrected chi connectivity index (χ2v) is 5.83. The van der Waals surface area contributed by atoms with Gasteiger partial charge >= 0.3 is 0 Å². The van der Waals surface area contributed by atoms with E-state index >= 15 is 0 Å². The molecule has 0 aliphatic carbocycles. The second-order valence-electron chi connectivity index (χ2n) is 4.95. The number of benzene rings is 1. The smallest absolute Gasteiger partial charge is 0.220 e. The Bertz CT molecular complexity index is 397. The fraction of sp³-hybridized carbons (Fsp3) is 0.500. The number of hydrogen-bond donors (Lipinski definition) is 2. The Labute approximate surface area is 113 Å². The van der Waals surface area contributed by atoms with Crippen molar-refractivity contribution in [3.63, 3.8) is 0 Å². The number of piperidine rings is 1. The van der Waals surface area contributed by atoms with Gasteiger partial charge in [0.2, 0.25) is 5.91 Å². The Morgan fingerprint density at radius 2 is 1.94 bits per heavy atom. The van der Waals surface area contributed by atoms with Gasteiger partial charge in [0.15, 0.2) is 0 Å².